The summed E-state index contributed by atoms with van der Waals surface area (Å²) in [4.78, 5) is 22.1. The van der Waals surface area contributed by atoms with Crippen LogP contribution in [0.5, 0.6) is 0 Å². The van der Waals surface area contributed by atoms with Crippen LogP contribution in [0.1, 0.15) is 34.1 Å². The summed E-state index contributed by atoms with van der Waals surface area (Å²) >= 11 is 0. The molecule has 0 aliphatic heterocycles. The molecule has 1 amide bonds. The minimum atomic E-state index is -0.893. The highest BCUT2D eigenvalue weighted by molar-refractivity contribution is 5.79. The third kappa shape index (κ3) is 7.23. The molecule has 0 saturated carbocycles. The molecule has 0 aromatic rings. The second-order valence-corrected chi connectivity index (χ2v) is 4.55. The van der Waals surface area contributed by atoms with E-state index in [1.807, 2.05) is 27.7 Å². The number of hydrogen-bond acceptors (Lipinski definition) is 3. The highest BCUT2D eigenvalue weighted by Gasteiger charge is 2.19. The molecule has 0 rings (SSSR count). The number of carbonyl (C=O) groups is 2. The summed E-state index contributed by atoms with van der Waals surface area (Å²) in [5.41, 5.74) is 0. The second-order valence-electron chi connectivity index (χ2n) is 4.55. The van der Waals surface area contributed by atoms with Gasteiger partial charge in [-0.1, -0.05) is 27.7 Å². The summed E-state index contributed by atoms with van der Waals surface area (Å²) < 4.78 is 0. The van der Waals surface area contributed by atoms with Crippen LogP contribution < -0.4 is 10.6 Å². The minimum Gasteiger partial charge on any atom is -0.481 e. The van der Waals surface area contributed by atoms with E-state index in [2.05, 4.69) is 10.6 Å². The van der Waals surface area contributed by atoms with Gasteiger partial charge in [0.05, 0.1) is 13.0 Å². The zero-order valence-corrected chi connectivity index (χ0v) is 10.4. The molecule has 1 atom stereocenters. The molecule has 1 unspecified atom stereocenters. The molecular formula is C11H22N2O3. The van der Waals surface area contributed by atoms with Gasteiger partial charge in [-0.25, -0.2) is 0 Å². The lowest BCUT2D eigenvalue weighted by Crippen LogP contribution is -2.45. The summed E-state index contributed by atoms with van der Waals surface area (Å²) in [5.74, 6) is -0.941. The molecule has 3 N–H and O–H groups in total. The first kappa shape index (κ1) is 14.9. The zero-order chi connectivity index (χ0) is 12.7. The van der Waals surface area contributed by atoms with E-state index in [9.17, 15) is 9.59 Å². The van der Waals surface area contributed by atoms with Crippen LogP contribution in [0.3, 0.4) is 0 Å². The Balaban J connectivity index is 4.08. The Labute approximate surface area is 96.6 Å². The molecule has 0 radical (unpaired) electrons. The Bertz CT molecular complexity index is 239. The lowest BCUT2D eigenvalue weighted by molar-refractivity contribution is -0.138. The molecule has 0 aliphatic carbocycles. The van der Waals surface area contributed by atoms with Gasteiger partial charge in [-0.05, 0) is 5.92 Å². The van der Waals surface area contributed by atoms with Gasteiger partial charge in [-0.15, -0.1) is 0 Å². The van der Waals surface area contributed by atoms with Crippen molar-refractivity contribution in [3.05, 3.63) is 0 Å². The Morgan fingerprint density at radius 3 is 2.12 bits per heavy atom. The molecule has 0 fully saturated rings. The number of amides is 1. The molecule has 16 heavy (non-hydrogen) atoms. The van der Waals surface area contributed by atoms with Crippen molar-refractivity contribution in [3.63, 3.8) is 0 Å². The molecule has 0 heterocycles. The third-order valence-corrected chi connectivity index (χ3v) is 2.22. The van der Waals surface area contributed by atoms with Crippen molar-refractivity contribution in [2.75, 3.05) is 6.54 Å². The van der Waals surface area contributed by atoms with Crippen LogP contribution in [0, 0.1) is 5.92 Å². The van der Waals surface area contributed by atoms with Crippen LogP contribution in [-0.2, 0) is 9.59 Å². The predicted molar refractivity (Wildman–Crippen MR) is 62.2 cm³/mol. The summed E-state index contributed by atoms with van der Waals surface area (Å²) in [6.07, 6.45) is -0.0366. The number of nitrogens with one attached hydrogen (secondary N) is 2. The highest BCUT2D eigenvalue weighted by atomic mass is 16.4. The van der Waals surface area contributed by atoms with E-state index in [1.165, 1.54) is 0 Å². The monoisotopic (exact) mass is 230 g/mol. The van der Waals surface area contributed by atoms with E-state index in [1.54, 1.807) is 0 Å². The number of carboxylic acids is 1. The van der Waals surface area contributed by atoms with Gasteiger partial charge in [0.1, 0.15) is 0 Å². The van der Waals surface area contributed by atoms with E-state index in [0.29, 0.717) is 0 Å². The van der Waals surface area contributed by atoms with Crippen molar-refractivity contribution >= 4 is 11.9 Å². The van der Waals surface area contributed by atoms with E-state index < -0.39 is 5.97 Å². The number of carbonyl (C=O) groups excluding carboxylic acids is 1. The Hall–Kier alpha value is -1.10. The van der Waals surface area contributed by atoms with Gasteiger partial charge >= 0.3 is 5.97 Å². The standard InChI is InChI=1S/C11H22N2O3/c1-7(2)9(5-11(15)16)13-10(14)6-12-8(3)4/h7-9,12H,5-6H2,1-4H3,(H,13,14)(H,15,16). The SMILES string of the molecule is CC(C)NCC(=O)NC(CC(=O)O)C(C)C. The quantitative estimate of drug-likeness (QED) is 0.598. The van der Waals surface area contributed by atoms with Crippen molar-refractivity contribution in [2.24, 2.45) is 5.92 Å². The number of hydrogen-bond donors (Lipinski definition) is 3. The fraction of sp³-hybridized carbons (Fsp3) is 0.818. The van der Waals surface area contributed by atoms with Gasteiger partial charge in [-0.3, -0.25) is 9.59 Å². The smallest absolute Gasteiger partial charge is 0.305 e. The summed E-state index contributed by atoms with van der Waals surface area (Å²) in [7, 11) is 0. The van der Waals surface area contributed by atoms with Gasteiger partial charge in [0, 0.05) is 12.1 Å². The first-order valence-corrected chi connectivity index (χ1v) is 5.57. The van der Waals surface area contributed by atoms with Gasteiger partial charge in [-0.2, -0.15) is 0 Å². The fourth-order valence-corrected chi connectivity index (χ4v) is 1.20. The molecule has 0 aliphatic rings. The van der Waals surface area contributed by atoms with Crippen LogP contribution in [0.15, 0.2) is 0 Å². The molecule has 5 nitrogen and oxygen atoms in total. The molecule has 0 bridgehead atoms. The van der Waals surface area contributed by atoms with Gasteiger partial charge in [0.25, 0.3) is 0 Å². The summed E-state index contributed by atoms with van der Waals surface area (Å²) in [5, 5.41) is 14.4. The zero-order valence-electron chi connectivity index (χ0n) is 10.4. The maximum absolute atomic E-state index is 11.5. The van der Waals surface area contributed by atoms with Crippen molar-refractivity contribution in [2.45, 2.75) is 46.2 Å². The normalized spacial score (nSPS) is 12.9. The van der Waals surface area contributed by atoms with Crippen molar-refractivity contribution < 1.29 is 14.7 Å². The molecule has 0 aromatic heterocycles. The van der Waals surface area contributed by atoms with Gasteiger partial charge in [0.2, 0.25) is 5.91 Å². The Morgan fingerprint density at radius 1 is 1.19 bits per heavy atom. The van der Waals surface area contributed by atoms with E-state index in [-0.39, 0.29) is 36.9 Å². The maximum atomic E-state index is 11.5. The number of carboxylic acid groups (broad SMARTS) is 1. The molecule has 0 saturated heterocycles. The van der Waals surface area contributed by atoms with Crippen LogP contribution in [-0.4, -0.2) is 35.6 Å². The average Bonchev–Trinajstić information content (AvgIpc) is 2.12. The second kappa shape index (κ2) is 7.22. The third-order valence-electron chi connectivity index (χ3n) is 2.22. The van der Waals surface area contributed by atoms with E-state index >= 15 is 0 Å². The minimum absolute atomic E-state index is 0.0366. The van der Waals surface area contributed by atoms with Crippen LogP contribution in [0.25, 0.3) is 0 Å². The molecule has 94 valence electrons. The predicted octanol–water partition coefficient (Wildman–Crippen LogP) is 0.600. The van der Waals surface area contributed by atoms with E-state index in [4.69, 9.17) is 5.11 Å². The summed E-state index contributed by atoms with van der Waals surface area (Å²) in [6, 6.07) is -0.0679. The fourth-order valence-electron chi connectivity index (χ4n) is 1.20. The molecular weight excluding hydrogens is 208 g/mol. The molecule has 5 heteroatoms. The maximum Gasteiger partial charge on any atom is 0.305 e. The van der Waals surface area contributed by atoms with Crippen molar-refractivity contribution in [3.8, 4) is 0 Å². The summed E-state index contributed by atoms with van der Waals surface area (Å²) in [6.45, 7) is 7.91. The van der Waals surface area contributed by atoms with Gasteiger partial charge in [0.15, 0.2) is 0 Å². The van der Waals surface area contributed by atoms with Crippen molar-refractivity contribution in [1.29, 1.82) is 0 Å². The van der Waals surface area contributed by atoms with Crippen molar-refractivity contribution in [1.82, 2.24) is 10.6 Å². The Kier molecular flexibility index (Phi) is 6.72. The van der Waals surface area contributed by atoms with Crippen LogP contribution in [0.4, 0.5) is 0 Å². The van der Waals surface area contributed by atoms with Crippen LogP contribution >= 0.6 is 0 Å². The Morgan fingerprint density at radius 2 is 1.75 bits per heavy atom. The molecule has 0 aromatic carbocycles. The average molecular weight is 230 g/mol. The van der Waals surface area contributed by atoms with Crippen LogP contribution in [0.2, 0.25) is 0 Å². The number of rotatable bonds is 7. The largest absolute Gasteiger partial charge is 0.481 e. The first-order chi connectivity index (χ1) is 7.32. The lowest BCUT2D eigenvalue weighted by Gasteiger charge is -2.21. The lowest BCUT2D eigenvalue weighted by atomic mass is 10.0. The van der Waals surface area contributed by atoms with Gasteiger partial charge < -0.3 is 15.7 Å². The topological polar surface area (TPSA) is 78.4 Å². The first-order valence-electron chi connectivity index (χ1n) is 5.57. The molecule has 0 spiro atoms. The van der Waals surface area contributed by atoms with E-state index in [0.717, 1.165) is 0 Å². The highest BCUT2D eigenvalue weighted by Crippen LogP contribution is 2.05. The number of aliphatic carboxylic acids is 1.